The van der Waals surface area contributed by atoms with Crippen molar-refractivity contribution < 1.29 is 18.0 Å². The molecule has 0 fully saturated rings. The predicted octanol–water partition coefficient (Wildman–Crippen LogP) is 4.20. The van der Waals surface area contributed by atoms with Crippen LogP contribution in [0.15, 0.2) is 56.3 Å². The summed E-state index contributed by atoms with van der Waals surface area (Å²) in [5.41, 5.74) is 0.782. The second-order valence-corrected chi connectivity index (χ2v) is 6.02. The van der Waals surface area contributed by atoms with E-state index in [-0.39, 0.29) is 23.2 Å². The number of nitrogens with zero attached hydrogens (tertiary/aromatic N) is 1. The van der Waals surface area contributed by atoms with E-state index in [0.29, 0.717) is 35.2 Å². The molecule has 0 radical (unpaired) electrons. The van der Waals surface area contributed by atoms with Crippen molar-refractivity contribution in [3.8, 4) is 11.5 Å². The van der Waals surface area contributed by atoms with Crippen LogP contribution < -0.4 is 5.32 Å². The summed E-state index contributed by atoms with van der Waals surface area (Å²) in [4.78, 5) is 16.1. The Kier molecular flexibility index (Phi) is 5.10. The quantitative estimate of drug-likeness (QED) is 0.638. The number of furan rings is 1. The number of benzene rings is 1. The van der Waals surface area contributed by atoms with Crippen LogP contribution in [0.4, 0.5) is 4.39 Å². The molecule has 0 saturated carbocycles. The number of nitrogens with one attached hydrogen (secondary N) is 1. The van der Waals surface area contributed by atoms with Gasteiger partial charge in [0.15, 0.2) is 17.8 Å². The Morgan fingerprint density at radius 2 is 2.17 bits per heavy atom. The Morgan fingerprint density at radius 3 is 2.92 bits per heavy atom. The Labute approximate surface area is 146 Å². The van der Waals surface area contributed by atoms with Crippen molar-refractivity contribution in [2.24, 2.45) is 0 Å². The lowest BCUT2D eigenvalue weighted by Gasteiger charge is -2.05. The van der Waals surface area contributed by atoms with Gasteiger partial charge in [-0.1, -0.05) is 22.0 Å². The van der Waals surface area contributed by atoms with Crippen molar-refractivity contribution in [1.29, 1.82) is 0 Å². The molecule has 1 N–H and O–H groups in total. The minimum atomic E-state index is -0.355. The maximum absolute atomic E-state index is 13.7. The van der Waals surface area contributed by atoms with Crippen LogP contribution in [-0.4, -0.2) is 17.4 Å². The number of halogens is 2. The lowest BCUT2D eigenvalue weighted by Crippen LogP contribution is -2.25. The van der Waals surface area contributed by atoms with Crippen LogP contribution in [0.5, 0.6) is 0 Å². The van der Waals surface area contributed by atoms with E-state index in [9.17, 15) is 9.18 Å². The van der Waals surface area contributed by atoms with Crippen molar-refractivity contribution >= 4 is 21.8 Å². The molecular formula is C17H14BrFN2O3. The predicted molar refractivity (Wildman–Crippen MR) is 89.0 cm³/mol. The van der Waals surface area contributed by atoms with E-state index in [1.54, 1.807) is 24.3 Å². The third kappa shape index (κ3) is 3.73. The minimum absolute atomic E-state index is 0.166. The summed E-state index contributed by atoms with van der Waals surface area (Å²) < 4.78 is 24.9. The summed E-state index contributed by atoms with van der Waals surface area (Å²) in [5.74, 6) is 0.116. The van der Waals surface area contributed by atoms with Gasteiger partial charge in [-0.05, 0) is 42.7 Å². The fraction of sp³-hybridized carbons (Fsp3) is 0.176. The third-order valence-corrected chi connectivity index (χ3v) is 3.94. The molecule has 0 unspecified atom stereocenters. The Morgan fingerprint density at radius 1 is 1.29 bits per heavy atom. The van der Waals surface area contributed by atoms with Crippen LogP contribution in [0.25, 0.3) is 11.5 Å². The van der Waals surface area contributed by atoms with E-state index in [1.807, 2.05) is 0 Å². The maximum atomic E-state index is 13.7. The summed E-state index contributed by atoms with van der Waals surface area (Å²) in [6.07, 6.45) is 3.83. The molecule has 0 atom stereocenters. The lowest BCUT2D eigenvalue weighted by molar-refractivity contribution is 0.0949. The largest absolute Gasteiger partial charge is 0.461 e. The van der Waals surface area contributed by atoms with Crippen molar-refractivity contribution in [3.05, 3.63) is 64.5 Å². The van der Waals surface area contributed by atoms with Gasteiger partial charge in [0.05, 0.1) is 6.26 Å². The number of aryl methyl sites for hydroxylation is 1. The van der Waals surface area contributed by atoms with Gasteiger partial charge in [0, 0.05) is 11.0 Å². The van der Waals surface area contributed by atoms with Crippen molar-refractivity contribution in [1.82, 2.24) is 10.3 Å². The van der Waals surface area contributed by atoms with Gasteiger partial charge >= 0.3 is 0 Å². The first-order valence-corrected chi connectivity index (χ1v) is 8.14. The normalized spacial score (nSPS) is 10.8. The average Bonchev–Trinajstić information content (AvgIpc) is 3.23. The van der Waals surface area contributed by atoms with E-state index in [4.69, 9.17) is 8.83 Å². The molecule has 0 aliphatic heterocycles. The third-order valence-electron chi connectivity index (χ3n) is 3.45. The topological polar surface area (TPSA) is 68.3 Å². The number of carbonyl (C=O) groups excluding carboxylic acids is 1. The van der Waals surface area contributed by atoms with Crippen LogP contribution in [-0.2, 0) is 6.42 Å². The highest BCUT2D eigenvalue weighted by molar-refractivity contribution is 9.10. The Balaban J connectivity index is 1.54. The van der Waals surface area contributed by atoms with Gasteiger partial charge < -0.3 is 14.2 Å². The fourth-order valence-corrected chi connectivity index (χ4v) is 2.61. The van der Waals surface area contributed by atoms with Gasteiger partial charge in [0.1, 0.15) is 5.82 Å². The molecule has 5 nitrogen and oxygen atoms in total. The zero-order valence-electron chi connectivity index (χ0n) is 12.6. The van der Waals surface area contributed by atoms with Crippen LogP contribution in [0, 0.1) is 5.82 Å². The zero-order chi connectivity index (χ0) is 16.9. The van der Waals surface area contributed by atoms with Gasteiger partial charge in [0.25, 0.3) is 5.91 Å². The number of amides is 1. The smallest absolute Gasteiger partial charge is 0.274 e. The molecule has 1 aromatic carbocycles. The molecule has 2 aromatic heterocycles. The second kappa shape index (κ2) is 7.44. The molecule has 0 saturated heterocycles. The van der Waals surface area contributed by atoms with E-state index in [2.05, 4.69) is 26.2 Å². The molecule has 1 amide bonds. The lowest BCUT2D eigenvalue weighted by atomic mass is 10.1. The van der Waals surface area contributed by atoms with Crippen LogP contribution in [0.1, 0.15) is 22.5 Å². The van der Waals surface area contributed by atoms with E-state index in [1.165, 1.54) is 18.7 Å². The van der Waals surface area contributed by atoms with E-state index < -0.39 is 0 Å². The number of hydrogen-bond donors (Lipinski definition) is 1. The molecular weight excluding hydrogens is 379 g/mol. The molecule has 0 aliphatic rings. The molecule has 24 heavy (non-hydrogen) atoms. The second-order valence-electron chi connectivity index (χ2n) is 5.10. The molecule has 0 aliphatic carbocycles. The molecule has 7 heteroatoms. The summed E-state index contributed by atoms with van der Waals surface area (Å²) in [7, 11) is 0. The molecule has 3 rings (SSSR count). The maximum Gasteiger partial charge on any atom is 0.274 e. The van der Waals surface area contributed by atoms with Crippen molar-refractivity contribution in [3.63, 3.8) is 0 Å². The summed E-state index contributed by atoms with van der Waals surface area (Å²) in [5, 5.41) is 2.75. The van der Waals surface area contributed by atoms with Crippen molar-refractivity contribution in [2.45, 2.75) is 12.8 Å². The van der Waals surface area contributed by atoms with Crippen molar-refractivity contribution in [2.75, 3.05) is 6.54 Å². The Bertz CT molecular complexity index is 830. The van der Waals surface area contributed by atoms with Crippen LogP contribution in [0.3, 0.4) is 0 Å². The standard InChI is InChI=1S/C17H14BrFN2O3/c18-12-6-5-11(13(19)9-12)3-1-7-20-17(22)15-16(24-10-21-15)14-4-2-8-23-14/h2,4-6,8-10H,1,3,7H2,(H,20,22). The highest BCUT2D eigenvalue weighted by Crippen LogP contribution is 2.23. The molecule has 0 bridgehead atoms. The van der Waals surface area contributed by atoms with Crippen LogP contribution >= 0.6 is 15.9 Å². The average molecular weight is 393 g/mol. The number of aromatic nitrogens is 1. The highest BCUT2D eigenvalue weighted by atomic mass is 79.9. The summed E-state index contributed by atoms with van der Waals surface area (Å²) in [6.45, 7) is 0.402. The van der Waals surface area contributed by atoms with Gasteiger partial charge in [0.2, 0.25) is 5.76 Å². The first-order valence-electron chi connectivity index (χ1n) is 7.34. The van der Waals surface area contributed by atoms with Gasteiger partial charge in [-0.2, -0.15) is 0 Å². The minimum Gasteiger partial charge on any atom is -0.461 e. The molecule has 124 valence electrons. The zero-order valence-corrected chi connectivity index (χ0v) is 14.2. The molecule has 3 aromatic rings. The fourth-order valence-electron chi connectivity index (χ4n) is 2.28. The number of rotatable bonds is 6. The SMILES string of the molecule is O=C(NCCCc1ccc(Br)cc1F)c1ncoc1-c1ccco1. The number of hydrogen-bond acceptors (Lipinski definition) is 4. The van der Waals surface area contributed by atoms with Gasteiger partial charge in [-0.3, -0.25) is 4.79 Å². The van der Waals surface area contributed by atoms with Gasteiger partial charge in [-0.15, -0.1) is 0 Å². The number of carbonyl (C=O) groups is 1. The Hall–Kier alpha value is -2.41. The van der Waals surface area contributed by atoms with Crippen LogP contribution in [0.2, 0.25) is 0 Å². The molecule has 0 spiro atoms. The number of oxazole rings is 1. The van der Waals surface area contributed by atoms with Gasteiger partial charge in [-0.25, -0.2) is 9.37 Å². The van der Waals surface area contributed by atoms with E-state index in [0.717, 1.165) is 0 Å². The monoisotopic (exact) mass is 392 g/mol. The van der Waals surface area contributed by atoms with E-state index >= 15 is 0 Å². The summed E-state index contributed by atoms with van der Waals surface area (Å²) in [6, 6.07) is 8.34. The first kappa shape index (κ1) is 16.4. The highest BCUT2D eigenvalue weighted by Gasteiger charge is 2.19. The molecule has 2 heterocycles. The summed E-state index contributed by atoms with van der Waals surface area (Å²) >= 11 is 3.22. The first-order chi connectivity index (χ1) is 11.6.